The van der Waals surface area contributed by atoms with Crippen molar-refractivity contribution in [2.24, 2.45) is 5.41 Å². The second kappa shape index (κ2) is 4.63. The summed E-state index contributed by atoms with van der Waals surface area (Å²) in [4.78, 5) is 28.0. The minimum absolute atomic E-state index is 0.0812. The maximum Gasteiger partial charge on any atom is 0.299 e. The lowest BCUT2D eigenvalue weighted by Crippen LogP contribution is -2.27. The number of Topliss-reactive ketones (excluding diaryl/α,β-unsaturated/α-hetero) is 1. The Morgan fingerprint density at radius 1 is 1.40 bits per heavy atom. The van der Waals surface area contributed by atoms with Crippen molar-refractivity contribution in [1.29, 1.82) is 0 Å². The van der Waals surface area contributed by atoms with E-state index in [9.17, 15) is 19.9 Å². The zero-order valence-corrected chi connectivity index (χ0v) is 11.5. The van der Waals surface area contributed by atoms with Crippen molar-refractivity contribution in [3.05, 3.63) is 34.2 Å². The molecule has 0 aromatic carbocycles. The Hall–Kier alpha value is -2.37. The molecular weight excluding hydrogens is 260 g/mol. The number of hydrogen-bond donors (Lipinski definition) is 2. The minimum atomic E-state index is -0.956. The predicted octanol–water partition coefficient (Wildman–Crippen LogP) is 1.96. The number of nitrogens with zero attached hydrogens (tertiary/aromatic N) is 2. The summed E-state index contributed by atoms with van der Waals surface area (Å²) >= 11 is 0. The van der Waals surface area contributed by atoms with Gasteiger partial charge in [0.2, 0.25) is 0 Å². The van der Waals surface area contributed by atoms with Gasteiger partial charge in [-0.05, 0) is 17.5 Å². The van der Waals surface area contributed by atoms with Crippen LogP contribution in [0.1, 0.15) is 37.6 Å². The van der Waals surface area contributed by atoms with Gasteiger partial charge in [0.25, 0.3) is 5.56 Å². The van der Waals surface area contributed by atoms with Crippen molar-refractivity contribution in [2.75, 3.05) is 0 Å². The molecule has 0 amide bonds. The van der Waals surface area contributed by atoms with Gasteiger partial charge in [-0.2, -0.15) is 0 Å². The van der Waals surface area contributed by atoms with Crippen LogP contribution in [0.4, 0.5) is 0 Å². The summed E-state index contributed by atoms with van der Waals surface area (Å²) < 4.78 is 0.297. The monoisotopic (exact) mass is 276 g/mol. The number of aromatic nitrogens is 2. The maximum absolute atomic E-state index is 12.2. The highest BCUT2D eigenvalue weighted by Gasteiger charge is 2.26. The van der Waals surface area contributed by atoms with Gasteiger partial charge in [0.15, 0.2) is 11.4 Å². The van der Waals surface area contributed by atoms with Crippen molar-refractivity contribution in [3.8, 4) is 5.75 Å². The fraction of sp³-hybridized carbons (Fsp3) is 0.357. The number of carbonyl (C=O) groups excluding carboxylic acids is 1. The first-order chi connectivity index (χ1) is 9.22. The highest BCUT2D eigenvalue weighted by atomic mass is 16.5. The predicted molar refractivity (Wildman–Crippen MR) is 73.3 cm³/mol. The summed E-state index contributed by atoms with van der Waals surface area (Å²) in [6.45, 7) is 5.55. The van der Waals surface area contributed by atoms with Crippen LogP contribution in [0.2, 0.25) is 0 Å². The summed E-state index contributed by atoms with van der Waals surface area (Å²) in [6, 6.07) is 3.03. The third kappa shape index (κ3) is 2.36. The molecule has 2 N–H and O–H groups in total. The van der Waals surface area contributed by atoms with Crippen LogP contribution in [0.5, 0.6) is 5.75 Å². The zero-order chi connectivity index (χ0) is 15.1. The van der Waals surface area contributed by atoms with Crippen molar-refractivity contribution < 1.29 is 15.1 Å². The summed E-state index contributed by atoms with van der Waals surface area (Å²) in [5.41, 5.74) is -1.77. The number of rotatable bonds is 2. The second-order valence-corrected chi connectivity index (χ2v) is 5.88. The molecule has 0 fully saturated rings. The number of ketones is 1. The number of fused-ring (bicyclic) bond motifs is 1. The van der Waals surface area contributed by atoms with Crippen molar-refractivity contribution in [1.82, 2.24) is 9.71 Å². The molecule has 2 rings (SSSR count). The fourth-order valence-corrected chi connectivity index (χ4v) is 2.01. The number of aromatic hydroxyl groups is 1. The summed E-state index contributed by atoms with van der Waals surface area (Å²) in [5, 5.41) is 20.1. The Balaban J connectivity index is 2.72. The van der Waals surface area contributed by atoms with Crippen LogP contribution in [0.15, 0.2) is 23.1 Å². The highest BCUT2D eigenvalue weighted by molar-refractivity contribution is 6.03. The molecular formula is C14H16N2O4. The van der Waals surface area contributed by atoms with Gasteiger partial charge >= 0.3 is 0 Å². The third-order valence-electron chi connectivity index (χ3n) is 2.86. The Bertz CT molecular complexity index is 741. The smallest absolute Gasteiger partial charge is 0.299 e. The molecule has 106 valence electrons. The van der Waals surface area contributed by atoms with Crippen molar-refractivity contribution in [3.63, 3.8) is 0 Å². The molecule has 2 aromatic heterocycles. The van der Waals surface area contributed by atoms with Gasteiger partial charge in [-0.15, -0.1) is 4.73 Å². The topological polar surface area (TPSA) is 92.4 Å². The first-order valence-corrected chi connectivity index (χ1v) is 6.17. The molecule has 0 aliphatic heterocycles. The molecule has 0 atom stereocenters. The van der Waals surface area contributed by atoms with E-state index in [0.29, 0.717) is 4.73 Å². The molecule has 6 nitrogen and oxygen atoms in total. The van der Waals surface area contributed by atoms with E-state index in [0.717, 1.165) is 0 Å². The van der Waals surface area contributed by atoms with Gasteiger partial charge in [-0.3, -0.25) is 9.59 Å². The average molecular weight is 276 g/mol. The Morgan fingerprint density at radius 3 is 2.65 bits per heavy atom. The number of hydrogen-bond acceptors (Lipinski definition) is 5. The molecule has 0 saturated carbocycles. The van der Waals surface area contributed by atoms with Gasteiger partial charge in [0, 0.05) is 12.6 Å². The van der Waals surface area contributed by atoms with Crippen LogP contribution in [0.3, 0.4) is 0 Å². The number of carbonyl (C=O) groups is 1. The van der Waals surface area contributed by atoms with Crippen LogP contribution in [-0.2, 0) is 0 Å². The SMILES string of the molecule is CC(C)(C)CC(=O)c1c(O)c2cccnc2n(O)c1=O. The second-order valence-electron chi connectivity index (χ2n) is 5.88. The molecule has 0 unspecified atom stereocenters. The first kappa shape index (κ1) is 14.0. The zero-order valence-electron chi connectivity index (χ0n) is 11.5. The Labute approximate surface area is 115 Å². The fourth-order valence-electron chi connectivity index (χ4n) is 2.01. The van der Waals surface area contributed by atoms with E-state index in [1.54, 1.807) is 6.07 Å². The van der Waals surface area contributed by atoms with E-state index in [1.165, 1.54) is 12.3 Å². The van der Waals surface area contributed by atoms with E-state index in [4.69, 9.17) is 0 Å². The summed E-state index contributed by atoms with van der Waals surface area (Å²) in [6.07, 6.45) is 1.46. The molecule has 2 heterocycles. The van der Waals surface area contributed by atoms with E-state index < -0.39 is 22.7 Å². The highest BCUT2D eigenvalue weighted by Crippen LogP contribution is 2.28. The first-order valence-electron chi connectivity index (χ1n) is 6.17. The van der Waals surface area contributed by atoms with Gasteiger partial charge < -0.3 is 10.3 Å². The van der Waals surface area contributed by atoms with Crippen LogP contribution in [0.25, 0.3) is 11.0 Å². The van der Waals surface area contributed by atoms with E-state index >= 15 is 0 Å². The molecule has 0 spiro atoms. The van der Waals surface area contributed by atoms with Gasteiger partial charge in [0.05, 0.1) is 5.39 Å². The standard InChI is InChI=1S/C14H16N2O4/c1-14(2,3)7-9(17)10-11(18)8-5-4-6-15-12(8)16(20)13(10)19/h4-6,18,20H,7H2,1-3H3. The van der Waals surface area contributed by atoms with Crippen molar-refractivity contribution in [2.45, 2.75) is 27.2 Å². The van der Waals surface area contributed by atoms with Gasteiger partial charge in [0.1, 0.15) is 11.3 Å². The molecule has 6 heteroatoms. The van der Waals surface area contributed by atoms with E-state index in [1.807, 2.05) is 20.8 Å². The third-order valence-corrected chi connectivity index (χ3v) is 2.86. The van der Waals surface area contributed by atoms with Crippen LogP contribution in [0, 0.1) is 5.41 Å². The average Bonchev–Trinajstić information content (AvgIpc) is 2.34. The van der Waals surface area contributed by atoms with Crippen molar-refractivity contribution >= 4 is 16.8 Å². The molecule has 0 aliphatic rings. The minimum Gasteiger partial charge on any atom is -0.506 e. The summed E-state index contributed by atoms with van der Waals surface area (Å²) in [7, 11) is 0. The maximum atomic E-state index is 12.2. The molecule has 0 radical (unpaired) electrons. The Kier molecular flexibility index (Phi) is 3.25. The Morgan fingerprint density at radius 2 is 2.05 bits per heavy atom. The van der Waals surface area contributed by atoms with E-state index in [2.05, 4.69) is 4.98 Å². The lowest BCUT2D eigenvalue weighted by molar-refractivity contribution is 0.0929. The quantitative estimate of drug-likeness (QED) is 0.646. The summed E-state index contributed by atoms with van der Waals surface area (Å²) in [5.74, 6) is -0.939. The molecule has 2 aromatic rings. The lowest BCUT2D eigenvalue weighted by atomic mass is 9.88. The van der Waals surface area contributed by atoms with Crippen LogP contribution >= 0.6 is 0 Å². The molecule has 0 aliphatic carbocycles. The molecule has 20 heavy (non-hydrogen) atoms. The molecule has 0 bridgehead atoms. The lowest BCUT2D eigenvalue weighted by Gasteiger charge is -2.17. The number of pyridine rings is 2. The molecule has 0 saturated heterocycles. The normalized spacial score (nSPS) is 11.8. The largest absolute Gasteiger partial charge is 0.506 e. The van der Waals surface area contributed by atoms with Gasteiger partial charge in [-0.1, -0.05) is 20.8 Å². The van der Waals surface area contributed by atoms with Gasteiger partial charge in [-0.25, -0.2) is 4.98 Å². The van der Waals surface area contributed by atoms with Crippen LogP contribution < -0.4 is 5.56 Å². The van der Waals surface area contributed by atoms with Crippen LogP contribution in [-0.4, -0.2) is 25.8 Å². The van der Waals surface area contributed by atoms with E-state index in [-0.39, 0.29) is 22.9 Å².